The van der Waals surface area contributed by atoms with Crippen LogP contribution in [-0.4, -0.2) is 40.0 Å². The highest BCUT2D eigenvalue weighted by Crippen LogP contribution is 2.53. The lowest BCUT2D eigenvalue weighted by molar-refractivity contribution is -0.389. The average molecular weight is 317 g/mol. The van der Waals surface area contributed by atoms with Crippen LogP contribution in [0.15, 0.2) is 17.1 Å². The van der Waals surface area contributed by atoms with Crippen LogP contribution in [0.1, 0.15) is 44.6 Å². The predicted octanol–water partition coefficient (Wildman–Crippen LogP) is 2.66. The number of aromatic nitrogens is 1. The summed E-state index contributed by atoms with van der Waals surface area (Å²) < 4.78 is 11.3. The Morgan fingerprint density at radius 3 is 2.83 bits per heavy atom. The van der Waals surface area contributed by atoms with E-state index in [-0.39, 0.29) is 23.1 Å². The summed E-state index contributed by atoms with van der Waals surface area (Å²) in [5, 5.41) is 11.3. The van der Waals surface area contributed by atoms with E-state index in [4.69, 9.17) is 9.47 Å². The van der Waals surface area contributed by atoms with Crippen LogP contribution in [0.3, 0.4) is 0 Å². The zero-order chi connectivity index (χ0) is 16.1. The molecule has 1 aromatic rings. The van der Waals surface area contributed by atoms with Crippen molar-refractivity contribution in [3.8, 4) is 5.88 Å². The maximum atomic E-state index is 11.3. The molecule has 7 heteroatoms. The van der Waals surface area contributed by atoms with Crippen molar-refractivity contribution < 1.29 is 14.4 Å². The smallest absolute Gasteiger partial charge is 0.376 e. The quantitative estimate of drug-likeness (QED) is 0.473. The van der Waals surface area contributed by atoms with Gasteiger partial charge in [0.05, 0.1) is 23.3 Å². The third-order valence-electron chi connectivity index (χ3n) is 4.97. The number of hydrogen-bond acceptors (Lipinski definition) is 6. The van der Waals surface area contributed by atoms with Gasteiger partial charge in [0, 0.05) is 30.1 Å². The highest BCUT2D eigenvalue weighted by Gasteiger charge is 2.59. The van der Waals surface area contributed by atoms with Crippen LogP contribution >= 0.6 is 0 Å². The molecule has 5 rings (SSSR count). The molecule has 2 saturated carbocycles. The van der Waals surface area contributed by atoms with Crippen LogP contribution in [0.4, 0.5) is 5.82 Å². The number of rotatable bonds is 5. The normalized spacial score (nSPS) is 32.6. The SMILES string of the molecule is CC12CC(N=Cc3ccc(OC4CCC4)nc3[N+](=O)[O-])(CO1)C2. The van der Waals surface area contributed by atoms with Crippen molar-refractivity contribution in [3.05, 3.63) is 27.8 Å². The Kier molecular flexibility index (Phi) is 3.16. The molecule has 0 spiro atoms. The summed E-state index contributed by atoms with van der Waals surface area (Å²) in [6.45, 7) is 2.66. The third-order valence-corrected chi connectivity index (χ3v) is 4.97. The molecular formula is C16H19N3O4. The fraction of sp³-hybridized carbons (Fsp3) is 0.625. The van der Waals surface area contributed by atoms with Crippen LogP contribution in [-0.2, 0) is 4.74 Å². The number of nitro groups is 1. The molecule has 122 valence electrons. The van der Waals surface area contributed by atoms with Gasteiger partial charge in [-0.15, -0.1) is 0 Å². The molecule has 2 aliphatic heterocycles. The van der Waals surface area contributed by atoms with Gasteiger partial charge in [-0.2, -0.15) is 0 Å². The Labute approximate surface area is 133 Å². The van der Waals surface area contributed by atoms with Crippen molar-refractivity contribution in [1.82, 2.24) is 4.98 Å². The van der Waals surface area contributed by atoms with Gasteiger partial charge in [0.2, 0.25) is 0 Å². The zero-order valence-corrected chi connectivity index (χ0v) is 13.0. The number of fused-ring (bicyclic) bond motifs is 1. The number of pyridine rings is 1. The first-order valence-electron chi connectivity index (χ1n) is 7.98. The fourth-order valence-corrected chi connectivity index (χ4v) is 3.60. The van der Waals surface area contributed by atoms with Crippen LogP contribution in [0, 0.1) is 10.1 Å². The van der Waals surface area contributed by atoms with Gasteiger partial charge >= 0.3 is 11.7 Å². The topological polar surface area (TPSA) is 86.9 Å². The number of nitrogens with zero attached hydrogens (tertiary/aromatic N) is 3. The minimum absolute atomic E-state index is 0.0536. The summed E-state index contributed by atoms with van der Waals surface area (Å²) in [5.41, 5.74) is 0.150. The monoisotopic (exact) mass is 317 g/mol. The molecule has 4 fully saturated rings. The largest absolute Gasteiger partial charge is 0.456 e. The van der Waals surface area contributed by atoms with Crippen molar-refractivity contribution in [1.29, 1.82) is 0 Å². The van der Waals surface area contributed by atoms with Gasteiger partial charge in [-0.3, -0.25) is 4.99 Å². The average Bonchev–Trinajstić information content (AvgIpc) is 2.94. The molecule has 0 atom stereocenters. The van der Waals surface area contributed by atoms with Gasteiger partial charge < -0.3 is 19.6 Å². The maximum Gasteiger partial charge on any atom is 0.376 e. The van der Waals surface area contributed by atoms with Crippen LogP contribution in [0.25, 0.3) is 0 Å². The molecule has 4 aliphatic rings. The van der Waals surface area contributed by atoms with Crippen molar-refractivity contribution in [2.75, 3.05) is 6.61 Å². The van der Waals surface area contributed by atoms with Crippen LogP contribution < -0.4 is 4.74 Å². The molecule has 2 aliphatic carbocycles. The zero-order valence-electron chi connectivity index (χ0n) is 13.0. The molecule has 0 amide bonds. The number of ether oxygens (including phenoxy) is 2. The molecule has 0 unspecified atom stereocenters. The highest BCUT2D eigenvalue weighted by molar-refractivity contribution is 5.84. The van der Waals surface area contributed by atoms with E-state index in [1.54, 1.807) is 18.3 Å². The minimum Gasteiger partial charge on any atom is -0.456 e. The van der Waals surface area contributed by atoms with Gasteiger partial charge in [-0.1, -0.05) is 0 Å². The van der Waals surface area contributed by atoms with Gasteiger partial charge in [0.25, 0.3) is 0 Å². The summed E-state index contributed by atoms with van der Waals surface area (Å²) >= 11 is 0. The second kappa shape index (κ2) is 4.99. The van der Waals surface area contributed by atoms with Gasteiger partial charge in [-0.25, -0.2) is 0 Å². The van der Waals surface area contributed by atoms with E-state index < -0.39 is 4.92 Å². The molecule has 0 N–H and O–H groups in total. The van der Waals surface area contributed by atoms with E-state index in [0.717, 1.165) is 32.1 Å². The number of hydrogen-bond donors (Lipinski definition) is 0. The lowest BCUT2D eigenvalue weighted by Gasteiger charge is -2.39. The molecule has 2 bridgehead atoms. The standard InChI is InChI=1S/C16H19N3O4/c1-15-8-16(9-15,10-22-15)17-7-11-5-6-13(18-14(11)19(20)21)23-12-3-2-4-12/h5-7,12H,2-4,8-10H2,1H3. The Bertz CT molecular complexity index is 678. The van der Waals surface area contributed by atoms with Crippen molar-refractivity contribution in [2.45, 2.75) is 56.3 Å². The Balaban J connectivity index is 1.54. The minimum atomic E-state index is -0.483. The molecule has 0 aromatic carbocycles. The first kappa shape index (κ1) is 14.6. The second-order valence-electron chi connectivity index (χ2n) is 7.06. The van der Waals surface area contributed by atoms with E-state index in [2.05, 4.69) is 16.9 Å². The lowest BCUT2D eigenvalue weighted by Crippen LogP contribution is -2.45. The third kappa shape index (κ3) is 2.59. The Hall–Kier alpha value is -2.02. The summed E-state index contributed by atoms with van der Waals surface area (Å²) in [4.78, 5) is 19.4. The van der Waals surface area contributed by atoms with Crippen LogP contribution in [0.5, 0.6) is 5.88 Å². The summed E-state index contributed by atoms with van der Waals surface area (Å²) in [6.07, 6.45) is 6.57. The first-order valence-corrected chi connectivity index (χ1v) is 7.98. The molecule has 7 nitrogen and oxygen atoms in total. The molecule has 2 saturated heterocycles. The van der Waals surface area contributed by atoms with E-state index in [1.165, 1.54) is 0 Å². The fourth-order valence-electron chi connectivity index (χ4n) is 3.60. The van der Waals surface area contributed by atoms with Crippen molar-refractivity contribution in [2.24, 2.45) is 4.99 Å². The van der Waals surface area contributed by atoms with Gasteiger partial charge in [0.1, 0.15) is 6.10 Å². The highest BCUT2D eigenvalue weighted by atomic mass is 16.6. The maximum absolute atomic E-state index is 11.3. The van der Waals surface area contributed by atoms with Gasteiger partial charge in [-0.05, 0) is 37.2 Å². The van der Waals surface area contributed by atoms with Crippen molar-refractivity contribution >= 4 is 12.0 Å². The Morgan fingerprint density at radius 2 is 2.26 bits per heavy atom. The molecule has 23 heavy (non-hydrogen) atoms. The first-order chi connectivity index (χ1) is 11.0. The molecular weight excluding hydrogens is 298 g/mol. The van der Waals surface area contributed by atoms with E-state index in [1.807, 2.05) is 0 Å². The summed E-state index contributed by atoms with van der Waals surface area (Å²) in [5.74, 6) is 0.111. The van der Waals surface area contributed by atoms with Crippen LogP contribution in [0.2, 0.25) is 0 Å². The number of aliphatic imine (C=N–C) groups is 1. The van der Waals surface area contributed by atoms with Crippen molar-refractivity contribution in [3.63, 3.8) is 0 Å². The van der Waals surface area contributed by atoms with E-state index >= 15 is 0 Å². The summed E-state index contributed by atoms with van der Waals surface area (Å²) in [7, 11) is 0. The lowest BCUT2D eigenvalue weighted by atomic mass is 9.70. The Morgan fingerprint density at radius 1 is 1.48 bits per heavy atom. The molecule has 0 radical (unpaired) electrons. The molecule has 1 aromatic heterocycles. The van der Waals surface area contributed by atoms with Gasteiger partial charge in [0.15, 0.2) is 0 Å². The second-order valence-corrected chi connectivity index (χ2v) is 7.06. The predicted molar refractivity (Wildman–Crippen MR) is 83.1 cm³/mol. The van der Waals surface area contributed by atoms with E-state index in [0.29, 0.717) is 18.1 Å². The summed E-state index contributed by atoms with van der Waals surface area (Å²) in [6, 6.07) is 3.34. The molecule has 3 heterocycles. The van der Waals surface area contributed by atoms with E-state index in [9.17, 15) is 10.1 Å².